The Hall–Kier alpha value is -4.19. The van der Waals surface area contributed by atoms with Crippen LogP contribution in [0, 0.1) is 17.2 Å². The Kier molecular flexibility index (Phi) is 5.85. The Balaban J connectivity index is 1.39. The van der Waals surface area contributed by atoms with Crippen LogP contribution in [0.3, 0.4) is 0 Å². The lowest BCUT2D eigenvalue weighted by Crippen LogP contribution is -2.43. The third-order valence-electron chi connectivity index (χ3n) is 5.49. The summed E-state index contributed by atoms with van der Waals surface area (Å²) in [6, 6.07) is 17.5. The van der Waals surface area contributed by atoms with Crippen molar-refractivity contribution in [2.24, 2.45) is 5.92 Å². The van der Waals surface area contributed by atoms with Crippen molar-refractivity contribution in [1.29, 1.82) is 5.26 Å². The number of aromatic nitrogens is 2. The van der Waals surface area contributed by atoms with Gasteiger partial charge in [0.1, 0.15) is 6.04 Å². The zero-order valence-electron chi connectivity index (χ0n) is 17.5. The Morgan fingerprint density at radius 2 is 1.94 bits per heavy atom. The smallest absolute Gasteiger partial charge is 0.274 e. The van der Waals surface area contributed by atoms with Gasteiger partial charge in [-0.05, 0) is 36.8 Å². The van der Waals surface area contributed by atoms with Crippen molar-refractivity contribution in [2.45, 2.75) is 12.5 Å². The number of amides is 3. The highest BCUT2D eigenvalue weighted by Gasteiger charge is 2.39. The number of fused-ring (bicyclic) bond motifs is 1. The van der Waals surface area contributed by atoms with Gasteiger partial charge in [-0.2, -0.15) is 10.4 Å². The zero-order chi connectivity index (χ0) is 22.7. The molecule has 0 radical (unpaired) electrons. The fraction of sp³-hybridized carbons (Fsp3) is 0.261. The number of nitrogens with one attached hydrogen (secondary N) is 1. The summed E-state index contributed by atoms with van der Waals surface area (Å²) in [6.07, 6.45) is 1.99. The summed E-state index contributed by atoms with van der Waals surface area (Å²) in [5.74, 6) is -1.51. The molecule has 3 aromatic rings. The number of carbonyl (C=O) groups excluding carboxylic acids is 3. The summed E-state index contributed by atoms with van der Waals surface area (Å²) in [4.78, 5) is 40.9. The van der Waals surface area contributed by atoms with E-state index in [0.717, 1.165) is 5.52 Å². The Labute approximate surface area is 184 Å². The highest BCUT2D eigenvalue weighted by molar-refractivity contribution is 5.96. The molecule has 162 valence electrons. The first-order chi connectivity index (χ1) is 15.5. The van der Waals surface area contributed by atoms with Gasteiger partial charge in [0, 0.05) is 25.5 Å². The number of anilines is 1. The first kappa shape index (κ1) is 21.1. The molecule has 0 bridgehead atoms. The third-order valence-corrected chi connectivity index (χ3v) is 5.49. The molecule has 1 N–H and O–H groups in total. The molecule has 2 unspecified atom stereocenters. The van der Waals surface area contributed by atoms with Gasteiger partial charge in [-0.1, -0.05) is 24.3 Å². The van der Waals surface area contributed by atoms with Crippen LogP contribution in [0.4, 0.5) is 5.69 Å². The highest BCUT2D eigenvalue weighted by Crippen LogP contribution is 2.25. The fourth-order valence-corrected chi connectivity index (χ4v) is 3.79. The summed E-state index contributed by atoms with van der Waals surface area (Å²) in [7, 11) is 1.52. The van der Waals surface area contributed by atoms with E-state index in [4.69, 9.17) is 0 Å². The van der Waals surface area contributed by atoms with Gasteiger partial charge in [-0.15, -0.1) is 0 Å². The summed E-state index contributed by atoms with van der Waals surface area (Å²) in [6.45, 7) is -0.0793. The summed E-state index contributed by atoms with van der Waals surface area (Å²) >= 11 is 0. The average molecular weight is 430 g/mol. The van der Waals surface area contributed by atoms with E-state index in [1.54, 1.807) is 35.0 Å². The lowest BCUT2D eigenvalue weighted by atomic mass is 10.1. The summed E-state index contributed by atoms with van der Waals surface area (Å²) in [5.41, 5.74) is 1.66. The van der Waals surface area contributed by atoms with Gasteiger partial charge in [-0.3, -0.25) is 14.4 Å². The zero-order valence-corrected chi connectivity index (χ0v) is 17.5. The molecule has 1 aromatic carbocycles. The second-order valence-corrected chi connectivity index (χ2v) is 7.74. The minimum absolute atomic E-state index is 0.131. The van der Waals surface area contributed by atoms with Gasteiger partial charge in [0.05, 0.1) is 24.0 Å². The number of benzene rings is 1. The summed E-state index contributed by atoms with van der Waals surface area (Å²) in [5, 5.41) is 16.6. The maximum atomic E-state index is 12.9. The van der Waals surface area contributed by atoms with Gasteiger partial charge < -0.3 is 15.1 Å². The number of para-hydroxylation sites is 1. The van der Waals surface area contributed by atoms with Crippen LogP contribution in [0.2, 0.25) is 0 Å². The van der Waals surface area contributed by atoms with E-state index in [1.807, 2.05) is 30.3 Å². The van der Waals surface area contributed by atoms with Crippen molar-refractivity contribution in [3.8, 4) is 6.07 Å². The molecule has 2 atom stereocenters. The molecule has 0 spiro atoms. The minimum atomic E-state index is -0.715. The molecule has 1 saturated heterocycles. The van der Waals surface area contributed by atoms with E-state index in [0.29, 0.717) is 5.69 Å². The molecule has 3 amide bonds. The molecule has 9 heteroatoms. The van der Waals surface area contributed by atoms with Crippen molar-refractivity contribution in [3.05, 3.63) is 66.5 Å². The van der Waals surface area contributed by atoms with Gasteiger partial charge in [0.2, 0.25) is 11.8 Å². The second kappa shape index (κ2) is 8.89. The van der Waals surface area contributed by atoms with Crippen LogP contribution < -0.4 is 5.32 Å². The molecular weight excluding hydrogens is 408 g/mol. The normalized spacial score (nSPS) is 17.7. The number of nitriles is 1. The summed E-state index contributed by atoms with van der Waals surface area (Å²) < 4.78 is 1.59. The third kappa shape index (κ3) is 4.30. The Morgan fingerprint density at radius 1 is 1.19 bits per heavy atom. The molecule has 1 aliphatic rings. The molecule has 1 aliphatic heterocycles. The molecule has 0 saturated carbocycles. The second-order valence-electron chi connectivity index (χ2n) is 7.74. The largest absolute Gasteiger partial charge is 0.331 e. The predicted molar refractivity (Wildman–Crippen MR) is 116 cm³/mol. The maximum Gasteiger partial charge on any atom is 0.274 e. The van der Waals surface area contributed by atoms with Crippen LogP contribution in [0.15, 0.2) is 60.8 Å². The lowest BCUT2D eigenvalue weighted by molar-refractivity contribution is -0.131. The van der Waals surface area contributed by atoms with Crippen LogP contribution in [-0.4, -0.2) is 63.3 Å². The molecule has 0 aliphatic carbocycles. The maximum absolute atomic E-state index is 12.9. The molecule has 4 rings (SSSR count). The van der Waals surface area contributed by atoms with Crippen LogP contribution in [0.25, 0.3) is 5.52 Å². The van der Waals surface area contributed by atoms with Gasteiger partial charge in [0.15, 0.2) is 5.69 Å². The van der Waals surface area contributed by atoms with Crippen LogP contribution in [0.1, 0.15) is 16.9 Å². The van der Waals surface area contributed by atoms with E-state index in [-0.39, 0.29) is 37.0 Å². The lowest BCUT2D eigenvalue weighted by Gasteiger charge is -2.23. The molecule has 3 heterocycles. The van der Waals surface area contributed by atoms with E-state index in [1.165, 1.54) is 16.8 Å². The van der Waals surface area contributed by atoms with Crippen LogP contribution >= 0.6 is 0 Å². The number of nitrogens with zero attached hydrogens (tertiary/aromatic N) is 5. The Bertz CT molecular complexity index is 1170. The minimum Gasteiger partial charge on any atom is -0.331 e. The van der Waals surface area contributed by atoms with Gasteiger partial charge in [-0.25, -0.2) is 4.52 Å². The highest BCUT2D eigenvalue weighted by atomic mass is 16.2. The number of pyridine rings is 1. The van der Waals surface area contributed by atoms with Crippen molar-refractivity contribution in [1.82, 2.24) is 19.4 Å². The number of likely N-dealkylation sites (tertiary alicyclic amines) is 1. The van der Waals surface area contributed by atoms with Crippen molar-refractivity contribution < 1.29 is 14.4 Å². The number of carbonyl (C=O) groups is 3. The molecule has 9 nitrogen and oxygen atoms in total. The molecule has 1 fully saturated rings. The van der Waals surface area contributed by atoms with Gasteiger partial charge in [0.25, 0.3) is 5.91 Å². The van der Waals surface area contributed by atoms with E-state index in [9.17, 15) is 19.6 Å². The van der Waals surface area contributed by atoms with Crippen molar-refractivity contribution >= 4 is 28.9 Å². The number of hydrogen-bond donors (Lipinski definition) is 1. The van der Waals surface area contributed by atoms with E-state index in [2.05, 4.69) is 16.5 Å². The first-order valence-electron chi connectivity index (χ1n) is 10.2. The number of hydrogen-bond acceptors (Lipinski definition) is 5. The average Bonchev–Trinajstić information content (AvgIpc) is 3.43. The standard InChI is InChI=1S/C23H22N6O3/c1-27(23(32)20-12-18-9-5-6-10-29(18)26-20)15-21(30)28-14-16(11-19(28)13-24)22(31)25-17-7-3-2-4-8-17/h2-10,12,16,19H,11,14-15H2,1H3,(H,25,31). The monoisotopic (exact) mass is 430 g/mol. The van der Waals surface area contributed by atoms with Crippen molar-refractivity contribution in [3.63, 3.8) is 0 Å². The molecule has 32 heavy (non-hydrogen) atoms. The van der Waals surface area contributed by atoms with Crippen LogP contribution in [0.5, 0.6) is 0 Å². The van der Waals surface area contributed by atoms with Gasteiger partial charge >= 0.3 is 0 Å². The Morgan fingerprint density at radius 3 is 2.66 bits per heavy atom. The number of likely N-dealkylation sites (N-methyl/N-ethyl adjacent to an activating group) is 1. The van der Waals surface area contributed by atoms with E-state index >= 15 is 0 Å². The predicted octanol–water partition coefficient (Wildman–Crippen LogP) is 1.79. The SMILES string of the molecule is CN(CC(=O)N1CC(C(=O)Nc2ccccc2)CC1C#N)C(=O)c1cc2ccccn2n1. The van der Waals surface area contributed by atoms with E-state index < -0.39 is 17.9 Å². The first-order valence-corrected chi connectivity index (χ1v) is 10.2. The quantitative estimate of drug-likeness (QED) is 0.663. The molecule has 2 aromatic heterocycles. The van der Waals surface area contributed by atoms with Crippen molar-refractivity contribution in [2.75, 3.05) is 25.5 Å². The fourth-order valence-electron chi connectivity index (χ4n) is 3.79. The molecular formula is C23H22N6O3. The van der Waals surface area contributed by atoms with Crippen LogP contribution in [-0.2, 0) is 9.59 Å². The topological polar surface area (TPSA) is 111 Å². The number of rotatable bonds is 5.